The number of nitrogens with zero attached hydrogens (tertiary/aromatic N) is 3. The molecule has 0 saturated heterocycles. The fraction of sp³-hybridized carbons (Fsp3) is 0.235. The molecule has 3 aromatic rings. The van der Waals surface area contributed by atoms with Gasteiger partial charge in [-0.15, -0.1) is 0 Å². The molecule has 32 heavy (non-hydrogen) atoms. The number of alkyl halides is 4. The van der Waals surface area contributed by atoms with Crippen molar-refractivity contribution in [2.24, 2.45) is 0 Å². The number of sulfone groups is 1. The average molecular weight is 495 g/mol. The molecule has 0 aliphatic carbocycles. The number of aromatic nitrogens is 3. The quantitative estimate of drug-likeness (QED) is 0.377. The standard InChI is InChI=1S/C17H13F4N3O6S2/c1-2-31(26,27)14-6-12(30-32(28,29)9-18)8-22-15(14)24-16(25)13-5-11(17(19,20)21)4-3-10(13)7-23-24/h3-8H,2,9H2,1H3. The van der Waals surface area contributed by atoms with Crippen molar-refractivity contribution in [1.29, 1.82) is 0 Å². The molecule has 0 aliphatic heterocycles. The second kappa shape index (κ2) is 8.12. The molecule has 0 spiro atoms. The van der Waals surface area contributed by atoms with Crippen LogP contribution in [0.4, 0.5) is 17.6 Å². The van der Waals surface area contributed by atoms with Crippen LogP contribution in [0.5, 0.6) is 5.75 Å². The van der Waals surface area contributed by atoms with Crippen LogP contribution >= 0.6 is 0 Å². The normalized spacial score (nSPS) is 12.8. The summed E-state index contributed by atoms with van der Waals surface area (Å²) in [6.07, 6.45) is -2.98. The van der Waals surface area contributed by atoms with E-state index < -0.39 is 70.9 Å². The number of benzene rings is 1. The smallest absolute Gasteiger partial charge is 0.379 e. The van der Waals surface area contributed by atoms with E-state index >= 15 is 0 Å². The van der Waals surface area contributed by atoms with Crippen molar-refractivity contribution < 1.29 is 38.6 Å². The van der Waals surface area contributed by atoms with Crippen molar-refractivity contribution in [3.8, 4) is 11.6 Å². The van der Waals surface area contributed by atoms with Gasteiger partial charge in [0.25, 0.3) is 5.56 Å². The van der Waals surface area contributed by atoms with Crippen LogP contribution in [0, 0.1) is 0 Å². The monoisotopic (exact) mass is 495 g/mol. The lowest BCUT2D eigenvalue weighted by molar-refractivity contribution is -0.137. The van der Waals surface area contributed by atoms with Gasteiger partial charge in [-0.1, -0.05) is 13.0 Å². The van der Waals surface area contributed by atoms with Crippen molar-refractivity contribution >= 4 is 30.7 Å². The van der Waals surface area contributed by atoms with Crippen LogP contribution in [0.15, 0.2) is 46.3 Å². The molecule has 0 atom stereocenters. The Morgan fingerprint density at radius 2 is 1.78 bits per heavy atom. The summed E-state index contributed by atoms with van der Waals surface area (Å²) in [5.74, 6) is -1.76. The molecule has 3 rings (SSSR count). The summed E-state index contributed by atoms with van der Waals surface area (Å²) < 4.78 is 104. The Labute approximate surface area is 178 Å². The molecule has 0 saturated carbocycles. The molecule has 0 amide bonds. The lowest BCUT2D eigenvalue weighted by Gasteiger charge is -2.13. The molecule has 0 aliphatic rings. The molecule has 0 N–H and O–H groups in total. The molecule has 9 nitrogen and oxygen atoms in total. The minimum atomic E-state index is -4.73. The van der Waals surface area contributed by atoms with E-state index in [1.807, 2.05) is 0 Å². The summed E-state index contributed by atoms with van der Waals surface area (Å²) in [6.45, 7) is 1.25. The molecule has 2 heterocycles. The van der Waals surface area contributed by atoms with Gasteiger partial charge in [-0.3, -0.25) is 4.79 Å². The number of hydrogen-bond donors (Lipinski definition) is 0. The van der Waals surface area contributed by atoms with Gasteiger partial charge in [-0.25, -0.2) is 17.8 Å². The van der Waals surface area contributed by atoms with E-state index in [9.17, 15) is 39.2 Å². The van der Waals surface area contributed by atoms with Gasteiger partial charge in [0.2, 0.25) is 6.01 Å². The van der Waals surface area contributed by atoms with Crippen molar-refractivity contribution in [2.75, 3.05) is 11.8 Å². The first kappa shape index (κ1) is 23.6. The number of pyridine rings is 1. The minimum Gasteiger partial charge on any atom is -0.379 e. The summed E-state index contributed by atoms with van der Waals surface area (Å²) in [7, 11) is -8.84. The summed E-state index contributed by atoms with van der Waals surface area (Å²) >= 11 is 0. The average Bonchev–Trinajstić information content (AvgIpc) is 2.73. The third-order valence-electron chi connectivity index (χ3n) is 4.20. The van der Waals surface area contributed by atoms with Gasteiger partial charge in [0.05, 0.1) is 29.1 Å². The van der Waals surface area contributed by atoms with Gasteiger partial charge < -0.3 is 4.18 Å². The van der Waals surface area contributed by atoms with Crippen LogP contribution in [-0.2, 0) is 26.1 Å². The Morgan fingerprint density at radius 1 is 1.09 bits per heavy atom. The van der Waals surface area contributed by atoms with Crippen LogP contribution in [0.2, 0.25) is 0 Å². The lowest BCUT2D eigenvalue weighted by Crippen LogP contribution is -2.25. The maximum atomic E-state index is 13.0. The SMILES string of the molecule is CCS(=O)(=O)c1cc(OS(=O)(=O)CF)cnc1-n1ncc2ccc(C(F)(F)F)cc2c1=O. The van der Waals surface area contributed by atoms with Gasteiger partial charge in [-0.05, 0) is 12.1 Å². The first-order chi connectivity index (χ1) is 14.8. The lowest BCUT2D eigenvalue weighted by atomic mass is 10.1. The van der Waals surface area contributed by atoms with Crippen molar-refractivity contribution in [1.82, 2.24) is 14.8 Å². The van der Waals surface area contributed by atoms with Crippen LogP contribution in [0.1, 0.15) is 12.5 Å². The Hall–Kier alpha value is -3.07. The number of halogens is 4. The van der Waals surface area contributed by atoms with Gasteiger partial charge >= 0.3 is 16.3 Å². The molecular weight excluding hydrogens is 482 g/mol. The Balaban J connectivity index is 2.28. The maximum absolute atomic E-state index is 13.0. The highest BCUT2D eigenvalue weighted by atomic mass is 32.2. The van der Waals surface area contributed by atoms with E-state index in [-0.39, 0.29) is 5.39 Å². The molecule has 0 bridgehead atoms. The third kappa shape index (κ3) is 4.57. The fourth-order valence-electron chi connectivity index (χ4n) is 2.65. The van der Waals surface area contributed by atoms with E-state index in [1.54, 1.807) is 0 Å². The van der Waals surface area contributed by atoms with E-state index in [0.29, 0.717) is 23.0 Å². The van der Waals surface area contributed by atoms with Crippen molar-refractivity contribution in [2.45, 2.75) is 18.0 Å². The fourth-order valence-corrected chi connectivity index (χ4v) is 4.10. The first-order valence-electron chi connectivity index (χ1n) is 8.59. The largest absolute Gasteiger partial charge is 0.416 e. The highest BCUT2D eigenvalue weighted by Gasteiger charge is 2.31. The van der Waals surface area contributed by atoms with Crippen LogP contribution in [-0.4, -0.2) is 43.4 Å². The Bertz CT molecular complexity index is 1470. The van der Waals surface area contributed by atoms with Gasteiger partial charge in [0, 0.05) is 11.5 Å². The molecule has 1 aromatic carbocycles. The zero-order valence-corrected chi connectivity index (χ0v) is 17.6. The second-order valence-electron chi connectivity index (χ2n) is 6.31. The first-order valence-corrected chi connectivity index (χ1v) is 11.8. The van der Waals surface area contributed by atoms with Crippen molar-refractivity contribution in [3.05, 3.63) is 52.6 Å². The zero-order valence-electron chi connectivity index (χ0n) is 16.0. The van der Waals surface area contributed by atoms with Crippen molar-refractivity contribution in [3.63, 3.8) is 0 Å². The molecular formula is C17H13F4N3O6S2. The third-order valence-corrected chi connectivity index (χ3v) is 6.64. The summed E-state index contributed by atoms with van der Waals surface area (Å²) in [5, 5.41) is 3.43. The summed E-state index contributed by atoms with van der Waals surface area (Å²) in [5.41, 5.74) is -2.20. The summed E-state index contributed by atoms with van der Waals surface area (Å²) in [6, 6.07) is 1.20. The molecule has 0 unspecified atom stereocenters. The van der Waals surface area contributed by atoms with E-state index in [2.05, 4.69) is 14.3 Å². The van der Waals surface area contributed by atoms with Crippen LogP contribution in [0.3, 0.4) is 0 Å². The van der Waals surface area contributed by atoms with Crippen LogP contribution < -0.4 is 9.74 Å². The molecule has 2 aromatic heterocycles. The summed E-state index contributed by atoms with van der Waals surface area (Å²) in [4.78, 5) is 15.9. The van der Waals surface area contributed by atoms with E-state index in [1.165, 1.54) is 6.92 Å². The Morgan fingerprint density at radius 3 is 2.38 bits per heavy atom. The highest BCUT2D eigenvalue weighted by molar-refractivity contribution is 7.91. The predicted molar refractivity (Wildman–Crippen MR) is 103 cm³/mol. The predicted octanol–water partition coefficient (Wildman–Crippen LogP) is 2.23. The number of rotatable bonds is 6. The van der Waals surface area contributed by atoms with Gasteiger partial charge in [0.1, 0.15) is 4.90 Å². The number of hydrogen-bond acceptors (Lipinski definition) is 8. The molecule has 172 valence electrons. The highest BCUT2D eigenvalue weighted by Crippen LogP contribution is 2.31. The second-order valence-corrected chi connectivity index (χ2v) is 10.1. The number of fused-ring (bicyclic) bond motifs is 1. The molecule has 0 fully saturated rings. The topological polar surface area (TPSA) is 125 Å². The van der Waals surface area contributed by atoms with Gasteiger partial charge in [0.15, 0.2) is 21.4 Å². The minimum absolute atomic E-state index is 0.0631. The zero-order chi connectivity index (χ0) is 23.9. The Kier molecular flexibility index (Phi) is 5.99. The molecule has 0 radical (unpaired) electrons. The maximum Gasteiger partial charge on any atom is 0.416 e. The van der Waals surface area contributed by atoms with E-state index in [4.69, 9.17) is 0 Å². The molecule has 15 heteroatoms. The van der Waals surface area contributed by atoms with Crippen LogP contribution in [0.25, 0.3) is 16.6 Å². The van der Waals surface area contributed by atoms with E-state index in [0.717, 1.165) is 18.3 Å². The van der Waals surface area contributed by atoms with Gasteiger partial charge in [-0.2, -0.15) is 31.4 Å².